The molecular weight excluding hydrogens is 429 g/mol. The summed E-state index contributed by atoms with van der Waals surface area (Å²) in [4.78, 5) is 17.4. The Morgan fingerprint density at radius 2 is 1.90 bits per heavy atom. The van der Waals surface area contributed by atoms with Gasteiger partial charge in [0.2, 0.25) is 10.0 Å². The van der Waals surface area contributed by atoms with Crippen molar-refractivity contribution in [2.24, 2.45) is 5.92 Å². The van der Waals surface area contributed by atoms with Crippen molar-refractivity contribution in [2.75, 3.05) is 13.1 Å². The lowest BCUT2D eigenvalue weighted by Crippen LogP contribution is -2.40. The standard InChI is InChI=1S/C21H21ClFN3O3S/c1-14-24-20-12-17(23)5-6-19(20)21(27)26(14)13-15-7-9-25(10-8-15)30(28,29)18-4-2-3-16(22)11-18/h2-6,11-12,15H,7-10,13H2,1H3. The van der Waals surface area contributed by atoms with Gasteiger partial charge in [-0.3, -0.25) is 9.36 Å². The number of hydrogen-bond donors (Lipinski definition) is 0. The second-order valence-electron chi connectivity index (χ2n) is 7.54. The van der Waals surface area contributed by atoms with Gasteiger partial charge in [-0.2, -0.15) is 4.31 Å². The van der Waals surface area contributed by atoms with Crippen molar-refractivity contribution in [1.82, 2.24) is 13.9 Å². The van der Waals surface area contributed by atoms with Crippen LogP contribution in [0.4, 0.5) is 4.39 Å². The first-order valence-corrected chi connectivity index (χ1v) is 11.5. The predicted molar refractivity (Wildman–Crippen MR) is 114 cm³/mol. The van der Waals surface area contributed by atoms with Crippen LogP contribution in [-0.4, -0.2) is 35.4 Å². The molecule has 0 N–H and O–H groups in total. The summed E-state index contributed by atoms with van der Waals surface area (Å²) in [7, 11) is -3.60. The zero-order valence-corrected chi connectivity index (χ0v) is 18.0. The fourth-order valence-electron chi connectivity index (χ4n) is 3.89. The van der Waals surface area contributed by atoms with Gasteiger partial charge >= 0.3 is 0 Å². The van der Waals surface area contributed by atoms with Crippen LogP contribution in [0.25, 0.3) is 10.9 Å². The number of hydrogen-bond acceptors (Lipinski definition) is 4. The molecule has 3 aromatic rings. The summed E-state index contributed by atoms with van der Waals surface area (Å²) < 4.78 is 42.2. The van der Waals surface area contributed by atoms with Gasteiger partial charge in [-0.1, -0.05) is 17.7 Å². The van der Waals surface area contributed by atoms with Gasteiger partial charge in [0, 0.05) is 30.7 Å². The van der Waals surface area contributed by atoms with Crippen molar-refractivity contribution in [3.05, 3.63) is 69.5 Å². The quantitative estimate of drug-likeness (QED) is 0.610. The van der Waals surface area contributed by atoms with Crippen molar-refractivity contribution in [3.63, 3.8) is 0 Å². The Morgan fingerprint density at radius 1 is 1.17 bits per heavy atom. The zero-order valence-electron chi connectivity index (χ0n) is 16.4. The Hall–Kier alpha value is -2.29. The van der Waals surface area contributed by atoms with Crippen LogP contribution in [0, 0.1) is 18.7 Å². The molecule has 0 spiro atoms. The molecule has 0 saturated carbocycles. The molecule has 30 heavy (non-hydrogen) atoms. The lowest BCUT2D eigenvalue weighted by Gasteiger charge is -2.31. The molecule has 1 fully saturated rings. The number of piperidine rings is 1. The molecule has 1 aliphatic rings. The molecule has 0 atom stereocenters. The minimum Gasteiger partial charge on any atom is -0.296 e. The van der Waals surface area contributed by atoms with E-state index in [1.807, 2.05) is 0 Å². The molecule has 0 unspecified atom stereocenters. The summed E-state index contributed by atoms with van der Waals surface area (Å²) in [5, 5.41) is 0.757. The average molecular weight is 450 g/mol. The van der Waals surface area contributed by atoms with Crippen molar-refractivity contribution in [2.45, 2.75) is 31.2 Å². The maximum absolute atomic E-state index is 13.4. The third-order valence-electron chi connectivity index (χ3n) is 5.56. The van der Waals surface area contributed by atoms with Gasteiger partial charge in [0.25, 0.3) is 5.56 Å². The molecule has 0 aliphatic carbocycles. The van der Waals surface area contributed by atoms with Crippen LogP contribution in [0.3, 0.4) is 0 Å². The number of aryl methyl sites for hydroxylation is 1. The van der Waals surface area contributed by atoms with Gasteiger partial charge in [-0.15, -0.1) is 0 Å². The third-order valence-corrected chi connectivity index (χ3v) is 7.69. The molecule has 6 nitrogen and oxygen atoms in total. The summed E-state index contributed by atoms with van der Waals surface area (Å²) in [6.07, 6.45) is 1.26. The van der Waals surface area contributed by atoms with Gasteiger partial charge in [-0.05, 0) is 56.0 Å². The van der Waals surface area contributed by atoms with E-state index in [1.54, 1.807) is 29.7 Å². The fraction of sp³-hybridized carbons (Fsp3) is 0.333. The fourth-order valence-corrected chi connectivity index (χ4v) is 5.66. The van der Waals surface area contributed by atoms with Crippen molar-refractivity contribution in [1.29, 1.82) is 0 Å². The highest BCUT2D eigenvalue weighted by Gasteiger charge is 2.30. The molecule has 0 amide bonds. The smallest absolute Gasteiger partial charge is 0.261 e. The normalized spacial score (nSPS) is 16.2. The maximum atomic E-state index is 13.4. The molecule has 0 bridgehead atoms. The van der Waals surface area contributed by atoms with Crippen LogP contribution in [0.15, 0.2) is 52.2 Å². The van der Waals surface area contributed by atoms with E-state index in [0.29, 0.717) is 54.2 Å². The van der Waals surface area contributed by atoms with Crippen LogP contribution < -0.4 is 5.56 Å². The van der Waals surface area contributed by atoms with Crippen molar-refractivity contribution in [3.8, 4) is 0 Å². The first kappa shape index (κ1) is 21.0. The topological polar surface area (TPSA) is 72.3 Å². The zero-order chi connectivity index (χ0) is 21.5. The highest BCUT2D eigenvalue weighted by Crippen LogP contribution is 2.26. The number of benzene rings is 2. The van der Waals surface area contributed by atoms with Crippen LogP contribution in [0.1, 0.15) is 18.7 Å². The van der Waals surface area contributed by atoms with Crippen molar-refractivity contribution >= 4 is 32.5 Å². The van der Waals surface area contributed by atoms with Crippen LogP contribution in [0.2, 0.25) is 5.02 Å². The number of fused-ring (bicyclic) bond motifs is 1. The highest BCUT2D eigenvalue weighted by molar-refractivity contribution is 7.89. The molecule has 4 rings (SSSR count). The third kappa shape index (κ3) is 3.99. The second-order valence-corrected chi connectivity index (χ2v) is 9.92. The second kappa shape index (κ2) is 8.09. The van der Waals surface area contributed by atoms with E-state index in [-0.39, 0.29) is 16.4 Å². The van der Waals surface area contributed by atoms with Crippen LogP contribution in [-0.2, 0) is 16.6 Å². The molecular formula is C21H21ClFN3O3S. The Kier molecular flexibility index (Phi) is 5.65. The summed E-state index contributed by atoms with van der Waals surface area (Å²) in [6.45, 7) is 2.93. The number of sulfonamides is 1. The van der Waals surface area contributed by atoms with E-state index in [2.05, 4.69) is 4.98 Å². The minimum atomic E-state index is -3.60. The molecule has 158 valence electrons. The van der Waals surface area contributed by atoms with Crippen LogP contribution >= 0.6 is 11.6 Å². The van der Waals surface area contributed by atoms with Crippen LogP contribution in [0.5, 0.6) is 0 Å². The Labute approximate surface area is 179 Å². The van der Waals surface area contributed by atoms with Gasteiger partial charge in [0.15, 0.2) is 0 Å². The van der Waals surface area contributed by atoms with Gasteiger partial charge in [0.05, 0.1) is 15.8 Å². The summed E-state index contributed by atoms with van der Waals surface area (Å²) >= 11 is 5.94. The predicted octanol–water partition coefficient (Wildman–Crippen LogP) is 3.60. The number of halogens is 2. The largest absolute Gasteiger partial charge is 0.296 e. The Balaban J connectivity index is 1.50. The molecule has 9 heteroatoms. The number of rotatable bonds is 4. The average Bonchev–Trinajstić information content (AvgIpc) is 2.71. The lowest BCUT2D eigenvalue weighted by molar-refractivity contribution is 0.250. The van der Waals surface area contributed by atoms with E-state index < -0.39 is 15.8 Å². The highest BCUT2D eigenvalue weighted by atomic mass is 35.5. The summed E-state index contributed by atoms with van der Waals surface area (Å²) in [5.74, 6) is 0.235. The molecule has 1 saturated heterocycles. The van der Waals surface area contributed by atoms with E-state index in [0.717, 1.165) is 0 Å². The number of nitrogens with zero attached hydrogens (tertiary/aromatic N) is 3. The summed E-state index contributed by atoms with van der Waals surface area (Å²) in [6, 6.07) is 10.2. The van der Waals surface area contributed by atoms with E-state index in [4.69, 9.17) is 11.6 Å². The van der Waals surface area contributed by atoms with Gasteiger partial charge in [-0.25, -0.2) is 17.8 Å². The van der Waals surface area contributed by atoms with Gasteiger partial charge in [0.1, 0.15) is 11.6 Å². The Bertz CT molecular complexity index is 1270. The molecule has 1 aliphatic heterocycles. The van der Waals surface area contributed by atoms with Gasteiger partial charge < -0.3 is 0 Å². The molecule has 0 radical (unpaired) electrons. The van der Waals surface area contributed by atoms with E-state index >= 15 is 0 Å². The maximum Gasteiger partial charge on any atom is 0.261 e. The first-order chi connectivity index (χ1) is 14.3. The first-order valence-electron chi connectivity index (χ1n) is 9.68. The van der Waals surface area contributed by atoms with E-state index in [1.165, 1.54) is 28.6 Å². The lowest BCUT2D eigenvalue weighted by atomic mass is 9.98. The van der Waals surface area contributed by atoms with E-state index in [9.17, 15) is 17.6 Å². The monoisotopic (exact) mass is 449 g/mol. The van der Waals surface area contributed by atoms with Crippen molar-refractivity contribution < 1.29 is 12.8 Å². The molecule has 1 aromatic heterocycles. The minimum absolute atomic E-state index is 0.145. The summed E-state index contributed by atoms with van der Waals surface area (Å²) in [5.41, 5.74) is 0.141. The molecule has 2 aromatic carbocycles. The molecule has 2 heterocycles. The SMILES string of the molecule is Cc1nc2cc(F)ccc2c(=O)n1CC1CCN(S(=O)(=O)c2cccc(Cl)c2)CC1. The number of aromatic nitrogens is 2. The Morgan fingerprint density at radius 3 is 2.60 bits per heavy atom.